The van der Waals surface area contributed by atoms with Gasteiger partial charge in [0, 0.05) is 17.6 Å². The topological polar surface area (TPSA) is 63.1 Å². The number of rotatable bonds is 4. The molecule has 0 bridgehead atoms. The van der Waals surface area contributed by atoms with E-state index >= 15 is 0 Å². The van der Waals surface area contributed by atoms with Crippen molar-refractivity contribution in [1.82, 2.24) is 9.97 Å². The van der Waals surface area contributed by atoms with Gasteiger partial charge in [0.1, 0.15) is 5.82 Å². The van der Waals surface area contributed by atoms with Gasteiger partial charge in [0.05, 0.1) is 11.3 Å². The molecule has 0 atom stereocenters. The Hall–Kier alpha value is -1.94. The molecule has 104 valence electrons. The molecule has 1 aromatic heterocycles. The number of nitrogens with zero attached hydrogens (tertiary/aromatic N) is 2. The zero-order chi connectivity index (χ0) is 14.7. The van der Waals surface area contributed by atoms with Gasteiger partial charge >= 0.3 is 5.97 Å². The molecular weight excluding hydrogens is 276 g/mol. The normalized spacial score (nSPS) is 10.8. The van der Waals surface area contributed by atoms with Crippen molar-refractivity contribution in [3.05, 3.63) is 58.1 Å². The Bertz CT molecular complexity index is 642. The molecule has 1 N–H and O–H groups in total. The first-order valence-electron chi connectivity index (χ1n) is 6.31. The minimum atomic E-state index is -1.00. The van der Waals surface area contributed by atoms with Crippen molar-refractivity contribution in [2.75, 3.05) is 0 Å². The third kappa shape index (κ3) is 3.14. The van der Waals surface area contributed by atoms with E-state index in [1.165, 1.54) is 6.20 Å². The molecule has 1 aromatic carbocycles. The Kier molecular flexibility index (Phi) is 4.35. The first-order valence-corrected chi connectivity index (χ1v) is 6.69. The summed E-state index contributed by atoms with van der Waals surface area (Å²) in [4.78, 5) is 19.7. The van der Waals surface area contributed by atoms with Gasteiger partial charge in [-0.1, -0.05) is 43.6 Å². The van der Waals surface area contributed by atoms with Gasteiger partial charge in [-0.25, -0.2) is 14.8 Å². The molecule has 5 heteroatoms. The lowest BCUT2D eigenvalue weighted by molar-refractivity contribution is 0.0694. The molecule has 0 aliphatic rings. The van der Waals surface area contributed by atoms with Crippen LogP contribution in [0.4, 0.5) is 0 Å². The van der Waals surface area contributed by atoms with Crippen LogP contribution < -0.4 is 0 Å². The zero-order valence-electron chi connectivity index (χ0n) is 11.3. The summed E-state index contributed by atoms with van der Waals surface area (Å²) in [7, 11) is 0. The van der Waals surface area contributed by atoms with Crippen molar-refractivity contribution in [1.29, 1.82) is 0 Å². The number of aromatic carboxylic acids is 1. The molecule has 0 unspecified atom stereocenters. The maximum Gasteiger partial charge on any atom is 0.339 e. The molecule has 0 saturated heterocycles. The van der Waals surface area contributed by atoms with E-state index in [-0.39, 0.29) is 11.5 Å². The number of halogens is 1. The summed E-state index contributed by atoms with van der Waals surface area (Å²) in [5.41, 5.74) is 1.63. The number of benzene rings is 1. The first kappa shape index (κ1) is 14.5. The maximum absolute atomic E-state index is 11.1. The van der Waals surface area contributed by atoms with Crippen molar-refractivity contribution in [3.8, 4) is 0 Å². The fourth-order valence-electron chi connectivity index (χ4n) is 1.94. The van der Waals surface area contributed by atoms with E-state index in [9.17, 15) is 4.79 Å². The number of carbonyl (C=O) groups is 1. The van der Waals surface area contributed by atoms with Crippen molar-refractivity contribution in [2.24, 2.45) is 0 Å². The van der Waals surface area contributed by atoms with Crippen LogP contribution in [0.3, 0.4) is 0 Å². The second kappa shape index (κ2) is 6.01. The fraction of sp³-hybridized carbons (Fsp3) is 0.267. The third-order valence-corrected chi connectivity index (χ3v) is 3.32. The molecule has 0 fully saturated rings. The molecule has 0 aliphatic heterocycles. The maximum atomic E-state index is 11.1. The highest BCUT2D eigenvalue weighted by atomic mass is 35.5. The monoisotopic (exact) mass is 290 g/mol. The molecule has 20 heavy (non-hydrogen) atoms. The van der Waals surface area contributed by atoms with Gasteiger partial charge in [0.15, 0.2) is 0 Å². The number of carboxylic acids is 1. The van der Waals surface area contributed by atoms with Gasteiger partial charge in [-0.15, -0.1) is 0 Å². The lowest BCUT2D eigenvalue weighted by Gasteiger charge is -2.10. The minimum absolute atomic E-state index is 0.0223. The summed E-state index contributed by atoms with van der Waals surface area (Å²) >= 11 is 6.11. The number of hydrogen-bond acceptors (Lipinski definition) is 3. The lowest BCUT2D eigenvalue weighted by atomic mass is 10.0. The number of aromatic nitrogens is 2. The Morgan fingerprint density at radius 2 is 2.05 bits per heavy atom. The molecule has 0 amide bonds. The second-order valence-electron chi connectivity index (χ2n) is 4.81. The summed E-state index contributed by atoms with van der Waals surface area (Å²) in [5, 5.41) is 9.80. The summed E-state index contributed by atoms with van der Waals surface area (Å²) < 4.78 is 0. The van der Waals surface area contributed by atoms with Crippen LogP contribution in [0.2, 0.25) is 5.02 Å². The van der Waals surface area contributed by atoms with Crippen molar-refractivity contribution < 1.29 is 9.90 Å². The van der Waals surface area contributed by atoms with Gasteiger partial charge in [-0.2, -0.15) is 0 Å². The molecule has 0 spiro atoms. The molecule has 2 rings (SSSR count). The van der Waals surface area contributed by atoms with Crippen LogP contribution in [0.1, 0.15) is 47.2 Å². The van der Waals surface area contributed by atoms with Crippen LogP contribution in [-0.2, 0) is 6.42 Å². The van der Waals surface area contributed by atoms with E-state index in [0.717, 1.165) is 5.56 Å². The average Bonchev–Trinajstić information content (AvgIpc) is 2.41. The van der Waals surface area contributed by atoms with Gasteiger partial charge in [0.2, 0.25) is 0 Å². The Labute approximate surface area is 122 Å². The highest BCUT2D eigenvalue weighted by molar-refractivity contribution is 6.31. The summed E-state index contributed by atoms with van der Waals surface area (Å²) in [6.07, 6.45) is 1.86. The van der Waals surface area contributed by atoms with Crippen LogP contribution in [0.15, 0.2) is 30.5 Å². The lowest BCUT2D eigenvalue weighted by Crippen LogP contribution is -2.10. The van der Waals surface area contributed by atoms with E-state index in [4.69, 9.17) is 16.7 Å². The quantitative estimate of drug-likeness (QED) is 0.935. The molecule has 0 saturated carbocycles. The number of carboxylic acid groups (broad SMARTS) is 1. The molecular formula is C15H15ClN2O2. The summed E-state index contributed by atoms with van der Waals surface area (Å²) in [6.45, 7) is 3.82. The summed E-state index contributed by atoms with van der Waals surface area (Å²) in [6, 6.07) is 7.48. The fourth-order valence-corrected chi connectivity index (χ4v) is 2.14. The van der Waals surface area contributed by atoms with Crippen LogP contribution in [0, 0.1) is 0 Å². The summed E-state index contributed by atoms with van der Waals surface area (Å²) in [5.74, 6) is -0.404. The average molecular weight is 291 g/mol. The van der Waals surface area contributed by atoms with Gasteiger partial charge in [0.25, 0.3) is 0 Å². The van der Waals surface area contributed by atoms with E-state index in [0.29, 0.717) is 23.0 Å². The van der Waals surface area contributed by atoms with Crippen molar-refractivity contribution >= 4 is 17.6 Å². The molecule has 1 heterocycles. The van der Waals surface area contributed by atoms with Crippen LogP contribution >= 0.6 is 11.6 Å². The van der Waals surface area contributed by atoms with Gasteiger partial charge < -0.3 is 5.11 Å². The van der Waals surface area contributed by atoms with E-state index in [2.05, 4.69) is 9.97 Å². The Morgan fingerprint density at radius 3 is 2.65 bits per heavy atom. The molecule has 4 nitrogen and oxygen atoms in total. The minimum Gasteiger partial charge on any atom is -0.478 e. The Balaban J connectivity index is 2.37. The van der Waals surface area contributed by atoms with Crippen molar-refractivity contribution in [3.63, 3.8) is 0 Å². The van der Waals surface area contributed by atoms with Crippen LogP contribution in [0.5, 0.6) is 0 Å². The van der Waals surface area contributed by atoms with Crippen LogP contribution in [-0.4, -0.2) is 21.0 Å². The SMILES string of the molecule is CC(C)c1nc(Cc2ccccc2Cl)ncc1C(=O)O. The molecule has 0 radical (unpaired) electrons. The zero-order valence-corrected chi connectivity index (χ0v) is 12.1. The third-order valence-electron chi connectivity index (χ3n) is 2.95. The van der Waals surface area contributed by atoms with Crippen molar-refractivity contribution in [2.45, 2.75) is 26.2 Å². The smallest absolute Gasteiger partial charge is 0.339 e. The highest BCUT2D eigenvalue weighted by Crippen LogP contribution is 2.20. The Morgan fingerprint density at radius 1 is 1.35 bits per heavy atom. The van der Waals surface area contributed by atoms with E-state index < -0.39 is 5.97 Å². The van der Waals surface area contributed by atoms with Gasteiger partial charge in [-0.05, 0) is 17.5 Å². The largest absolute Gasteiger partial charge is 0.478 e. The highest BCUT2D eigenvalue weighted by Gasteiger charge is 2.16. The number of hydrogen-bond donors (Lipinski definition) is 1. The predicted molar refractivity (Wildman–Crippen MR) is 77.3 cm³/mol. The second-order valence-corrected chi connectivity index (χ2v) is 5.22. The standard InChI is InChI=1S/C15H15ClN2O2/c1-9(2)14-11(15(19)20)8-17-13(18-14)7-10-5-3-4-6-12(10)16/h3-6,8-9H,7H2,1-2H3,(H,19,20). The van der Waals surface area contributed by atoms with Crippen LogP contribution in [0.25, 0.3) is 0 Å². The molecule has 2 aromatic rings. The first-order chi connectivity index (χ1) is 9.49. The predicted octanol–water partition coefficient (Wildman–Crippen LogP) is 3.54. The van der Waals surface area contributed by atoms with E-state index in [1.54, 1.807) is 0 Å². The van der Waals surface area contributed by atoms with Gasteiger partial charge in [-0.3, -0.25) is 0 Å². The van der Waals surface area contributed by atoms with E-state index in [1.807, 2.05) is 38.1 Å². The molecule has 0 aliphatic carbocycles.